The van der Waals surface area contributed by atoms with Crippen LogP contribution in [-0.4, -0.2) is 24.3 Å². The summed E-state index contributed by atoms with van der Waals surface area (Å²) in [4.78, 5) is 6.63. The number of aliphatic imine (C=N–C) groups is 1. The van der Waals surface area contributed by atoms with Gasteiger partial charge in [-0.2, -0.15) is 0 Å². The number of rotatable bonds is 1. The number of likely N-dealkylation sites (tertiary alicyclic amines) is 1. The molecule has 16 heavy (non-hydrogen) atoms. The first-order chi connectivity index (χ1) is 7.58. The van der Waals surface area contributed by atoms with Crippen LogP contribution in [0.5, 0.6) is 0 Å². The van der Waals surface area contributed by atoms with E-state index in [1.807, 2.05) is 7.05 Å². The van der Waals surface area contributed by atoms with Crippen LogP contribution < -0.4 is 0 Å². The van der Waals surface area contributed by atoms with Gasteiger partial charge in [0.05, 0.1) is 20.8 Å². The Hall–Kier alpha value is -0.440. The Labute approximate surface area is 110 Å². The van der Waals surface area contributed by atoms with Crippen molar-refractivity contribution < 1.29 is 0 Å². The molecule has 5 heteroatoms. The van der Waals surface area contributed by atoms with Gasteiger partial charge in [-0.05, 0) is 18.6 Å². The molecule has 0 N–H and O–H groups in total. The zero-order valence-electron chi connectivity index (χ0n) is 8.80. The Kier molecular flexibility index (Phi) is 3.63. The van der Waals surface area contributed by atoms with Crippen molar-refractivity contribution in [1.29, 1.82) is 0 Å². The minimum atomic E-state index is 0.454. The lowest BCUT2D eigenvalue weighted by molar-refractivity contribution is 0.550. The maximum atomic E-state index is 6.06. The number of nitrogens with zero attached hydrogens (tertiary/aromatic N) is 2. The second-order valence-corrected chi connectivity index (χ2v) is 4.99. The molecule has 1 aliphatic heterocycles. The van der Waals surface area contributed by atoms with Gasteiger partial charge in [-0.15, -0.1) is 0 Å². The number of amidine groups is 1. The lowest BCUT2D eigenvalue weighted by Gasteiger charge is -2.11. The molecule has 1 fully saturated rings. The fourth-order valence-corrected chi connectivity index (χ4v) is 2.26. The molecule has 2 rings (SSSR count). The molecule has 1 heterocycles. The summed E-state index contributed by atoms with van der Waals surface area (Å²) in [6.45, 7) is 1.04. The van der Waals surface area contributed by atoms with Gasteiger partial charge in [-0.25, -0.2) is 4.99 Å². The average molecular weight is 278 g/mol. The molecule has 0 atom stereocenters. The number of halogens is 3. The predicted molar refractivity (Wildman–Crippen MR) is 70.4 cm³/mol. The highest BCUT2D eigenvalue weighted by Crippen LogP contribution is 2.34. The van der Waals surface area contributed by atoms with E-state index >= 15 is 0 Å². The fraction of sp³-hybridized carbons (Fsp3) is 0.364. The maximum Gasteiger partial charge on any atom is 0.105 e. The van der Waals surface area contributed by atoms with Crippen molar-refractivity contribution in [1.82, 2.24) is 4.90 Å². The van der Waals surface area contributed by atoms with Crippen molar-refractivity contribution in [3.8, 4) is 0 Å². The largest absolute Gasteiger partial charge is 0.363 e. The third-order valence-electron chi connectivity index (χ3n) is 2.57. The van der Waals surface area contributed by atoms with Crippen molar-refractivity contribution in [3.05, 3.63) is 27.2 Å². The van der Waals surface area contributed by atoms with Crippen LogP contribution in [-0.2, 0) is 0 Å². The summed E-state index contributed by atoms with van der Waals surface area (Å²) in [6, 6.07) is 3.32. The van der Waals surface area contributed by atoms with Crippen molar-refractivity contribution in [2.45, 2.75) is 12.8 Å². The van der Waals surface area contributed by atoms with Crippen molar-refractivity contribution in [2.24, 2.45) is 4.99 Å². The molecule has 1 aromatic carbocycles. The summed E-state index contributed by atoms with van der Waals surface area (Å²) in [5.74, 6) is 1.04. The van der Waals surface area contributed by atoms with Gasteiger partial charge in [-0.3, -0.25) is 0 Å². The van der Waals surface area contributed by atoms with Gasteiger partial charge in [0.15, 0.2) is 0 Å². The quantitative estimate of drug-likeness (QED) is 0.695. The molecule has 0 radical (unpaired) electrons. The summed E-state index contributed by atoms with van der Waals surface area (Å²) < 4.78 is 0. The Morgan fingerprint density at radius 1 is 1.12 bits per heavy atom. The number of hydrogen-bond donors (Lipinski definition) is 0. The van der Waals surface area contributed by atoms with Crippen LogP contribution in [0.15, 0.2) is 17.1 Å². The molecule has 1 aliphatic rings. The molecule has 0 aromatic heterocycles. The van der Waals surface area contributed by atoms with E-state index < -0.39 is 0 Å². The zero-order chi connectivity index (χ0) is 11.7. The molecular formula is C11H11Cl3N2. The molecule has 0 bridgehead atoms. The Morgan fingerprint density at radius 3 is 2.44 bits per heavy atom. The zero-order valence-corrected chi connectivity index (χ0v) is 11.1. The fourth-order valence-electron chi connectivity index (χ4n) is 1.67. The highest BCUT2D eigenvalue weighted by Gasteiger charge is 2.15. The van der Waals surface area contributed by atoms with Crippen LogP contribution in [0.25, 0.3) is 0 Å². The molecule has 1 saturated heterocycles. The van der Waals surface area contributed by atoms with Gasteiger partial charge in [-0.1, -0.05) is 34.8 Å². The number of benzene rings is 1. The first-order valence-electron chi connectivity index (χ1n) is 5.01. The van der Waals surface area contributed by atoms with Gasteiger partial charge < -0.3 is 4.90 Å². The second-order valence-electron chi connectivity index (χ2n) is 3.77. The third-order valence-corrected chi connectivity index (χ3v) is 3.60. The summed E-state index contributed by atoms with van der Waals surface area (Å²) in [6.07, 6.45) is 2.11. The van der Waals surface area contributed by atoms with Crippen LogP contribution in [0.3, 0.4) is 0 Å². The van der Waals surface area contributed by atoms with Gasteiger partial charge in [0.2, 0.25) is 0 Å². The van der Waals surface area contributed by atoms with E-state index in [9.17, 15) is 0 Å². The average Bonchev–Trinajstić information content (AvgIpc) is 2.61. The van der Waals surface area contributed by atoms with Crippen molar-refractivity contribution in [2.75, 3.05) is 13.6 Å². The molecule has 2 nitrogen and oxygen atoms in total. The predicted octanol–water partition coefficient (Wildman–Crippen LogP) is 4.40. The topological polar surface area (TPSA) is 15.6 Å². The first-order valence-corrected chi connectivity index (χ1v) is 6.14. The van der Waals surface area contributed by atoms with Gasteiger partial charge in [0, 0.05) is 20.0 Å². The van der Waals surface area contributed by atoms with E-state index in [4.69, 9.17) is 34.8 Å². The molecule has 0 unspecified atom stereocenters. The minimum absolute atomic E-state index is 0.454. The van der Waals surface area contributed by atoms with Crippen molar-refractivity contribution in [3.63, 3.8) is 0 Å². The summed E-state index contributed by atoms with van der Waals surface area (Å²) in [5.41, 5.74) is 0.680. The molecule has 86 valence electrons. The SMILES string of the molecule is CN1CCCC1=Nc1cc(Cl)c(Cl)cc1Cl. The van der Waals surface area contributed by atoms with E-state index in [2.05, 4.69) is 9.89 Å². The van der Waals surface area contributed by atoms with E-state index in [1.54, 1.807) is 12.1 Å². The van der Waals surface area contributed by atoms with Crippen LogP contribution in [0.2, 0.25) is 15.1 Å². The summed E-state index contributed by atoms with van der Waals surface area (Å²) in [7, 11) is 2.03. The Balaban J connectivity index is 2.37. The Bertz CT molecular complexity index is 443. The molecular weight excluding hydrogens is 266 g/mol. The monoisotopic (exact) mass is 276 g/mol. The molecule has 1 aromatic rings. The summed E-state index contributed by atoms with van der Waals surface area (Å²) in [5, 5.41) is 1.46. The van der Waals surface area contributed by atoms with Crippen molar-refractivity contribution >= 4 is 46.3 Å². The van der Waals surface area contributed by atoms with Gasteiger partial charge >= 0.3 is 0 Å². The maximum absolute atomic E-state index is 6.06. The first kappa shape index (κ1) is 12.0. The lowest BCUT2D eigenvalue weighted by Crippen LogP contribution is -2.18. The van der Waals surface area contributed by atoms with E-state index in [-0.39, 0.29) is 0 Å². The van der Waals surface area contributed by atoms with E-state index in [0.717, 1.165) is 25.2 Å². The minimum Gasteiger partial charge on any atom is -0.363 e. The molecule has 0 aliphatic carbocycles. The smallest absolute Gasteiger partial charge is 0.105 e. The summed E-state index contributed by atoms with van der Waals surface area (Å²) >= 11 is 17.8. The standard InChI is InChI=1S/C11H11Cl3N2/c1-16-4-2-3-11(16)15-10-6-8(13)7(12)5-9(10)14/h5-6H,2-4H2,1H3. The Morgan fingerprint density at radius 2 is 1.81 bits per heavy atom. The van der Waals surface area contributed by atoms with E-state index in [0.29, 0.717) is 20.8 Å². The van der Waals surface area contributed by atoms with Crippen LogP contribution in [0.4, 0.5) is 5.69 Å². The van der Waals surface area contributed by atoms with Crippen LogP contribution in [0.1, 0.15) is 12.8 Å². The number of hydrogen-bond acceptors (Lipinski definition) is 1. The van der Waals surface area contributed by atoms with E-state index in [1.165, 1.54) is 0 Å². The molecule has 0 amide bonds. The van der Waals surface area contributed by atoms with Gasteiger partial charge in [0.1, 0.15) is 5.84 Å². The molecule has 0 saturated carbocycles. The highest BCUT2D eigenvalue weighted by molar-refractivity contribution is 6.44. The third kappa shape index (κ3) is 2.45. The van der Waals surface area contributed by atoms with Gasteiger partial charge in [0.25, 0.3) is 0 Å². The lowest BCUT2D eigenvalue weighted by atomic mass is 10.3. The normalized spacial score (nSPS) is 18.5. The highest BCUT2D eigenvalue weighted by atomic mass is 35.5. The molecule has 0 spiro atoms. The second kappa shape index (κ2) is 4.82. The van der Waals surface area contributed by atoms with Crippen LogP contribution in [0, 0.1) is 0 Å². The van der Waals surface area contributed by atoms with Crippen LogP contribution >= 0.6 is 34.8 Å².